The minimum Gasteiger partial charge on any atom is -0.494 e. The van der Waals surface area contributed by atoms with Gasteiger partial charge in [0.05, 0.1) is 14.2 Å². The van der Waals surface area contributed by atoms with E-state index in [4.69, 9.17) is 14.5 Å². The monoisotopic (exact) mass is 292 g/mol. The van der Waals surface area contributed by atoms with Crippen molar-refractivity contribution in [3.8, 4) is 11.5 Å². The van der Waals surface area contributed by atoms with Crippen molar-refractivity contribution in [1.82, 2.24) is 9.38 Å². The molecule has 0 aliphatic carbocycles. The summed E-state index contributed by atoms with van der Waals surface area (Å²) in [6, 6.07) is 12.1. The lowest BCUT2D eigenvalue weighted by atomic mass is 10.1. The van der Waals surface area contributed by atoms with Gasteiger partial charge in [0, 0.05) is 11.6 Å². The number of aryl methyl sites for hydroxylation is 1. The Labute approximate surface area is 127 Å². The van der Waals surface area contributed by atoms with Crippen molar-refractivity contribution in [2.75, 3.05) is 14.2 Å². The molecule has 0 fully saturated rings. The molecule has 4 heteroatoms. The summed E-state index contributed by atoms with van der Waals surface area (Å²) >= 11 is 0. The maximum atomic E-state index is 5.53. The molecule has 0 unspecified atom stereocenters. The van der Waals surface area contributed by atoms with Crippen LogP contribution in [0.15, 0.2) is 42.6 Å². The van der Waals surface area contributed by atoms with E-state index >= 15 is 0 Å². The summed E-state index contributed by atoms with van der Waals surface area (Å²) in [5.41, 5.74) is 3.87. The minimum absolute atomic E-state index is 0.751. The van der Waals surface area contributed by atoms with Gasteiger partial charge in [-0.3, -0.25) is 4.40 Å². The average Bonchev–Trinajstić information content (AvgIpc) is 2.94. The van der Waals surface area contributed by atoms with Crippen LogP contribution in [0.5, 0.6) is 11.5 Å². The number of benzene rings is 2. The van der Waals surface area contributed by atoms with Crippen molar-refractivity contribution in [2.45, 2.75) is 6.92 Å². The number of hydrogen-bond acceptors (Lipinski definition) is 3. The van der Waals surface area contributed by atoms with Gasteiger partial charge in [-0.15, -0.1) is 0 Å². The average molecular weight is 292 g/mol. The number of rotatable bonds is 2. The van der Waals surface area contributed by atoms with Crippen LogP contribution in [-0.4, -0.2) is 23.6 Å². The molecule has 0 N–H and O–H groups in total. The zero-order valence-electron chi connectivity index (χ0n) is 12.8. The second-order valence-corrected chi connectivity index (χ2v) is 5.33. The quantitative estimate of drug-likeness (QED) is 0.561. The number of ether oxygens (including phenoxy) is 2. The molecule has 110 valence electrons. The Bertz CT molecular complexity index is 1020. The Morgan fingerprint density at radius 3 is 2.32 bits per heavy atom. The highest BCUT2D eigenvalue weighted by Crippen LogP contribution is 2.35. The van der Waals surface area contributed by atoms with E-state index in [1.807, 2.05) is 18.2 Å². The maximum Gasteiger partial charge on any atom is 0.147 e. The molecule has 4 rings (SSSR count). The SMILES string of the molecule is COc1ccc(OC)c2c1nc1c3ccccc3c(C)cn12. The fourth-order valence-electron chi connectivity index (χ4n) is 3.08. The molecule has 2 aromatic carbocycles. The van der Waals surface area contributed by atoms with Crippen molar-refractivity contribution in [1.29, 1.82) is 0 Å². The van der Waals surface area contributed by atoms with Gasteiger partial charge in [-0.05, 0) is 30.0 Å². The van der Waals surface area contributed by atoms with Crippen LogP contribution in [0.2, 0.25) is 0 Å². The van der Waals surface area contributed by atoms with E-state index in [0.717, 1.165) is 33.6 Å². The van der Waals surface area contributed by atoms with Crippen LogP contribution in [-0.2, 0) is 0 Å². The molecular weight excluding hydrogens is 276 g/mol. The molecule has 0 aliphatic heterocycles. The maximum absolute atomic E-state index is 5.53. The topological polar surface area (TPSA) is 35.8 Å². The second-order valence-electron chi connectivity index (χ2n) is 5.33. The van der Waals surface area contributed by atoms with Crippen LogP contribution in [0, 0.1) is 6.92 Å². The van der Waals surface area contributed by atoms with Gasteiger partial charge < -0.3 is 9.47 Å². The number of pyridine rings is 1. The first-order chi connectivity index (χ1) is 10.7. The highest BCUT2D eigenvalue weighted by Gasteiger charge is 2.16. The van der Waals surface area contributed by atoms with E-state index in [9.17, 15) is 0 Å². The second kappa shape index (κ2) is 4.63. The highest BCUT2D eigenvalue weighted by atomic mass is 16.5. The van der Waals surface area contributed by atoms with Gasteiger partial charge in [0.15, 0.2) is 0 Å². The summed E-state index contributed by atoms with van der Waals surface area (Å²) in [5, 5.41) is 2.34. The van der Waals surface area contributed by atoms with Gasteiger partial charge in [0.1, 0.15) is 28.2 Å². The van der Waals surface area contributed by atoms with Gasteiger partial charge in [0.25, 0.3) is 0 Å². The van der Waals surface area contributed by atoms with Crippen LogP contribution in [0.4, 0.5) is 0 Å². The molecule has 22 heavy (non-hydrogen) atoms. The summed E-state index contributed by atoms with van der Waals surface area (Å²) in [7, 11) is 3.34. The summed E-state index contributed by atoms with van der Waals surface area (Å²) in [6.07, 6.45) is 2.11. The fourth-order valence-corrected chi connectivity index (χ4v) is 3.08. The van der Waals surface area contributed by atoms with Gasteiger partial charge >= 0.3 is 0 Å². The Kier molecular flexibility index (Phi) is 2.73. The highest BCUT2D eigenvalue weighted by molar-refractivity contribution is 6.02. The summed E-state index contributed by atoms with van der Waals surface area (Å²) in [6.45, 7) is 2.11. The van der Waals surface area contributed by atoms with Gasteiger partial charge in [-0.1, -0.05) is 24.3 Å². The standard InChI is InChI=1S/C18H16N2O2/c1-11-10-20-17-15(22-3)9-8-14(21-2)16(17)19-18(20)13-7-5-4-6-12(11)13/h4-10H,1-3H3. The summed E-state index contributed by atoms with van der Waals surface area (Å²) in [5.74, 6) is 1.54. The molecule has 0 bridgehead atoms. The van der Waals surface area contributed by atoms with Crippen molar-refractivity contribution < 1.29 is 9.47 Å². The number of nitrogens with zero attached hydrogens (tertiary/aromatic N) is 2. The van der Waals surface area contributed by atoms with E-state index in [1.54, 1.807) is 14.2 Å². The van der Waals surface area contributed by atoms with Gasteiger partial charge in [-0.25, -0.2) is 4.98 Å². The van der Waals surface area contributed by atoms with Crippen LogP contribution >= 0.6 is 0 Å². The first-order valence-electron chi connectivity index (χ1n) is 7.15. The predicted molar refractivity (Wildman–Crippen MR) is 88.0 cm³/mol. The van der Waals surface area contributed by atoms with Gasteiger partial charge in [0.2, 0.25) is 0 Å². The Morgan fingerprint density at radius 2 is 1.59 bits per heavy atom. The number of fused-ring (bicyclic) bond motifs is 5. The Morgan fingerprint density at radius 1 is 0.909 bits per heavy atom. The van der Waals surface area contributed by atoms with Crippen molar-refractivity contribution >= 4 is 27.5 Å². The number of imidazole rings is 1. The number of methoxy groups -OCH3 is 2. The Hall–Kier alpha value is -2.75. The molecule has 0 amide bonds. The molecular formula is C18H16N2O2. The molecule has 2 heterocycles. The third kappa shape index (κ3) is 1.61. The first-order valence-corrected chi connectivity index (χ1v) is 7.15. The Balaban J connectivity index is 2.30. The summed E-state index contributed by atoms with van der Waals surface area (Å²) < 4.78 is 13.1. The molecule has 0 spiro atoms. The zero-order chi connectivity index (χ0) is 15.3. The van der Waals surface area contributed by atoms with E-state index in [0.29, 0.717) is 0 Å². The van der Waals surface area contributed by atoms with Crippen LogP contribution in [0.3, 0.4) is 0 Å². The van der Waals surface area contributed by atoms with E-state index in [2.05, 4.69) is 35.7 Å². The molecule has 0 radical (unpaired) electrons. The van der Waals surface area contributed by atoms with E-state index in [1.165, 1.54) is 10.9 Å². The molecule has 2 aromatic heterocycles. The molecule has 4 nitrogen and oxygen atoms in total. The van der Waals surface area contributed by atoms with Crippen LogP contribution in [0.1, 0.15) is 5.56 Å². The predicted octanol–water partition coefficient (Wildman–Crippen LogP) is 3.97. The van der Waals surface area contributed by atoms with E-state index < -0.39 is 0 Å². The van der Waals surface area contributed by atoms with Crippen molar-refractivity contribution in [3.63, 3.8) is 0 Å². The lowest BCUT2D eigenvalue weighted by Crippen LogP contribution is -1.92. The smallest absolute Gasteiger partial charge is 0.147 e. The third-order valence-electron chi connectivity index (χ3n) is 4.12. The molecule has 0 saturated carbocycles. The zero-order valence-corrected chi connectivity index (χ0v) is 12.8. The molecule has 0 saturated heterocycles. The molecule has 4 aromatic rings. The minimum atomic E-state index is 0.751. The van der Waals surface area contributed by atoms with Crippen LogP contribution < -0.4 is 9.47 Å². The van der Waals surface area contributed by atoms with Gasteiger partial charge in [-0.2, -0.15) is 0 Å². The first kappa shape index (κ1) is 13.0. The van der Waals surface area contributed by atoms with Crippen LogP contribution in [0.25, 0.3) is 27.5 Å². The molecule has 0 aliphatic rings. The van der Waals surface area contributed by atoms with Crippen molar-refractivity contribution in [3.05, 3.63) is 48.2 Å². The van der Waals surface area contributed by atoms with E-state index in [-0.39, 0.29) is 0 Å². The number of aromatic nitrogens is 2. The third-order valence-corrected chi connectivity index (χ3v) is 4.12. The fraction of sp³-hybridized carbons (Fsp3) is 0.167. The lowest BCUT2D eigenvalue weighted by Gasteiger charge is -2.08. The number of hydrogen-bond donors (Lipinski definition) is 0. The van der Waals surface area contributed by atoms with Crippen molar-refractivity contribution in [2.24, 2.45) is 0 Å². The lowest BCUT2D eigenvalue weighted by molar-refractivity contribution is 0.409. The largest absolute Gasteiger partial charge is 0.494 e. The summed E-state index contributed by atoms with van der Waals surface area (Å²) in [4.78, 5) is 4.82. The molecule has 0 atom stereocenters. The normalized spacial score (nSPS) is 11.4.